The molecule has 2 aliphatic rings. The predicted octanol–water partition coefficient (Wildman–Crippen LogP) is 2.18. The zero-order chi connectivity index (χ0) is 24.7. The molecule has 9 nitrogen and oxygen atoms in total. The van der Waals surface area contributed by atoms with Gasteiger partial charge in [0.2, 0.25) is 0 Å². The van der Waals surface area contributed by atoms with E-state index in [4.69, 9.17) is 0 Å². The van der Waals surface area contributed by atoms with E-state index in [2.05, 4.69) is 9.82 Å². The van der Waals surface area contributed by atoms with E-state index in [-0.39, 0.29) is 17.2 Å². The Hall–Kier alpha value is -3.09. The van der Waals surface area contributed by atoms with Gasteiger partial charge in [-0.15, -0.1) is 0 Å². The molecule has 1 aromatic carbocycles. The van der Waals surface area contributed by atoms with E-state index in [1.807, 2.05) is 16.8 Å². The first-order valence-electron chi connectivity index (χ1n) is 11.4. The van der Waals surface area contributed by atoms with Crippen LogP contribution in [0.15, 0.2) is 42.7 Å². The Morgan fingerprint density at radius 1 is 1.09 bits per heavy atom. The molecule has 0 spiro atoms. The number of pyridine rings is 1. The predicted molar refractivity (Wildman–Crippen MR) is 126 cm³/mol. The number of nitrogens with one attached hydrogen (secondary N) is 1. The van der Waals surface area contributed by atoms with Crippen LogP contribution < -0.4 is 9.62 Å². The Morgan fingerprint density at radius 2 is 1.86 bits per heavy atom. The molecule has 2 aliphatic heterocycles. The van der Waals surface area contributed by atoms with Crippen molar-refractivity contribution in [2.24, 2.45) is 0 Å². The molecule has 5 rings (SSSR count). The first-order valence-corrected chi connectivity index (χ1v) is 12.9. The highest BCUT2D eigenvalue weighted by molar-refractivity contribution is 7.87. The summed E-state index contributed by atoms with van der Waals surface area (Å²) in [6, 6.07) is 6.60. The Bertz CT molecular complexity index is 1370. The van der Waals surface area contributed by atoms with Crippen molar-refractivity contribution in [1.29, 1.82) is 0 Å². The number of hydrogen-bond acceptors (Lipinski definition) is 6. The third kappa shape index (κ3) is 4.60. The Labute approximate surface area is 202 Å². The van der Waals surface area contributed by atoms with Crippen LogP contribution in [0.4, 0.5) is 14.5 Å². The number of halogens is 2. The van der Waals surface area contributed by atoms with Crippen molar-refractivity contribution in [3.05, 3.63) is 65.5 Å². The Kier molecular flexibility index (Phi) is 6.20. The molecule has 186 valence electrons. The summed E-state index contributed by atoms with van der Waals surface area (Å²) in [6.07, 6.45) is 4.43. The lowest BCUT2D eigenvalue weighted by Gasteiger charge is -2.31. The van der Waals surface area contributed by atoms with Crippen LogP contribution in [0.2, 0.25) is 0 Å². The van der Waals surface area contributed by atoms with E-state index in [9.17, 15) is 22.0 Å². The minimum atomic E-state index is -4.00. The molecular weight excluding hydrogens is 478 g/mol. The fourth-order valence-corrected chi connectivity index (χ4v) is 5.87. The molecule has 0 bridgehead atoms. The Morgan fingerprint density at radius 3 is 2.63 bits per heavy atom. The molecule has 4 heterocycles. The number of likely N-dealkylation sites (N-methyl/N-ethyl adjacent to an activating group) is 1. The first-order chi connectivity index (χ1) is 16.7. The molecule has 0 radical (unpaired) electrons. The zero-order valence-electron chi connectivity index (χ0n) is 19.2. The maximum absolute atomic E-state index is 14.5. The van der Waals surface area contributed by atoms with Gasteiger partial charge >= 0.3 is 10.2 Å². The molecule has 3 aromatic rings. The lowest BCUT2D eigenvalue weighted by Crippen LogP contribution is -2.52. The van der Waals surface area contributed by atoms with Gasteiger partial charge in [-0.05, 0) is 50.2 Å². The number of carbonyl (C=O) groups excluding carboxylic acids is 1. The standard InChI is InChI=1S/C23H26F2N6O3S/c1-28-9-11-29(12-10-28)35(33,34)27-23(32)19-15-26-31-8-6-17(14-22(19)31)30-7-2-3-21(30)18-13-16(24)4-5-20(18)25/h4-6,8,13-15,21H,2-3,7,9-12H2,1H3,(H,27,32)/t21-/m1/s1. The number of nitrogens with zero attached hydrogens (tertiary/aromatic N) is 5. The van der Waals surface area contributed by atoms with Gasteiger partial charge in [-0.25, -0.2) is 18.0 Å². The summed E-state index contributed by atoms with van der Waals surface area (Å²) in [5.74, 6) is -1.74. The highest BCUT2D eigenvalue weighted by atomic mass is 32.2. The molecule has 1 N–H and O–H groups in total. The smallest absolute Gasteiger partial charge is 0.304 e. The van der Waals surface area contributed by atoms with Gasteiger partial charge in [-0.1, -0.05) is 0 Å². The molecular formula is C23H26F2N6O3S. The van der Waals surface area contributed by atoms with E-state index < -0.39 is 27.8 Å². The summed E-state index contributed by atoms with van der Waals surface area (Å²) in [6.45, 7) is 2.39. The lowest BCUT2D eigenvalue weighted by molar-refractivity contribution is 0.0979. The van der Waals surface area contributed by atoms with Crippen LogP contribution in [0, 0.1) is 11.6 Å². The average molecular weight is 505 g/mol. The minimum Gasteiger partial charge on any atom is -0.364 e. The SMILES string of the molecule is CN1CCN(S(=O)(=O)NC(=O)c2cnn3ccc(N4CCC[C@@H]4c4cc(F)ccc4F)cc23)CC1. The summed E-state index contributed by atoms with van der Waals surface area (Å²) in [5, 5.41) is 4.18. The van der Waals surface area contributed by atoms with Crippen LogP contribution in [0.1, 0.15) is 34.8 Å². The maximum atomic E-state index is 14.5. The summed E-state index contributed by atoms with van der Waals surface area (Å²) in [4.78, 5) is 16.9. The second kappa shape index (κ2) is 9.17. The topological polar surface area (TPSA) is 90.3 Å². The summed E-state index contributed by atoms with van der Waals surface area (Å²) in [7, 11) is -2.09. The van der Waals surface area contributed by atoms with E-state index in [1.165, 1.54) is 21.1 Å². The van der Waals surface area contributed by atoms with E-state index in [0.717, 1.165) is 18.6 Å². The van der Waals surface area contributed by atoms with Gasteiger partial charge in [0, 0.05) is 50.2 Å². The van der Waals surface area contributed by atoms with E-state index >= 15 is 0 Å². The second-order valence-corrected chi connectivity index (χ2v) is 10.6. The molecule has 0 aliphatic carbocycles. The number of rotatable bonds is 5. The maximum Gasteiger partial charge on any atom is 0.304 e. The fraction of sp³-hybridized carbons (Fsp3) is 0.391. The number of amides is 1. The molecule has 0 unspecified atom stereocenters. The highest BCUT2D eigenvalue weighted by Gasteiger charge is 2.31. The van der Waals surface area contributed by atoms with Crippen LogP contribution in [-0.4, -0.2) is 72.9 Å². The van der Waals surface area contributed by atoms with Gasteiger partial charge in [0.05, 0.1) is 23.3 Å². The van der Waals surface area contributed by atoms with Crippen molar-refractivity contribution in [3.63, 3.8) is 0 Å². The van der Waals surface area contributed by atoms with Gasteiger partial charge in [-0.2, -0.15) is 17.8 Å². The molecule has 1 amide bonds. The highest BCUT2D eigenvalue weighted by Crippen LogP contribution is 2.38. The summed E-state index contributed by atoms with van der Waals surface area (Å²) < 4.78 is 58.7. The lowest BCUT2D eigenvalue weighted by atomic mass is 10.0. The third-order valence-electron chi connectivity index (χ3n) is 6.68. The number of anilines is 1. The van der Waals surface area contributed by atoms with Crippen molar-refractivity contribution in [1.82, 2.24) is 23.5 Å². The quantitative estimate of drug-likeness (QED) is 0.573. The number of aromatic nitrogens is 2. The van der Waals surface area contributed by atoms with Gasteiger partial charge in [0.15, 0.2) is 0 Å². The summed E-state index contributed by atoms with van der Waals surface area (Å²) in [5.41, 5.74) is 1.52. The van der Waals surface area contributed by atoms with Crippen LogP contribution in [-0.2, 0) is 10.2 Å². The molecule has 2 saturated heterocycles. The largest absolute Gasteiger partial charge is 0.364 e. The van der Waals surface area contributed by atoms with Crippen LogP contribution in [0.25, 0.3) is 5.52 Å². The van der Waals surface area contributed by atoms with Gasteiger partial charge in [0.1, 0.15) is 11.6 Å². The van der Waals surface area contributed by atoms with Crippen molar-refractivity contribution < 1.29 is 22.0 Å². The normalized spacial score (nSPS) is 20.0. The van der Waals surface area contributed by atoms with E-state index in [1.54, 1.807) is 18.3 Å². The third-order valence-corrected chi connectivity index (χ3v) is 8.16. The van der Waals surface area contributed by atoms with Gasteiger partial charge < -0.3 is 9.80 Å². The number of hydrogen-bond donors (Lipinski definition) is 1. The molecule has 12 heteroatoms. The number of piperazine rings is 1. The fourth-order valence-electron chi connectivity index (χ4n) is 4.76. The number of benzene rings is 1. The summed E-state index contributed by atoms with van der Waals surface area (Å²) >= 11 is 0. The average Bonchev–Trinajstić information content (AvgIpc) is 3.47. The molecule has 2 fully saturated rings. The van der Waals surface area contributed by atoms with E-state index in [0.29, 0.717) is 50.3 Å². The van der Waals surface area contributed by atoms with Crippen LogP contribution >= 0.6 is 0 Å². The van der Waals surface area contributed by atoms with Crippen molar-refractivity contribution in [3.8, 4) is 0 Å². The van der Waals surface area contributed by atoms with Crippen molar-refractivity contribution >= 4 is 27.3 Å². The first kappa shape index (κ1) is 23.6. The number of fused-ring (bicyclic) bond motifs is 1. The molecule has 35 heavy (non-hydrogen) atoms. The van der Waals surface area contributed by atoms with Gasteiger partial charge in [0.25, 0.3) is 5.91 Å². The van der Waals surface area contributed by atoms with Crippen molar-refractivity contribution in [2.45, 2.75) is 18.9 Å². The van der Waals surface area contributed by atoms with Gasteiger partial charge in [-0.3, -0.25) is 4.79 Å². The molecule has 1 atom stereocenters. The minimum absolute atomic E-state index is 0.109. The van der Waals surface area contributed by atoms with Crippen LogP contribution in [0.5, 0.6) is 0 Å². The van der Waals surface area contributed by atoms with Crippen LogP contribution in [0.3, 0.4) is 0 Å². The molecule has 2 aromatic heterocycles. The van der Waals surface area contributed by atoms with Crippen molar-refractivity contribution in [2.75, 3.05) is 44.7 Å². The molecule has 0 saturated carbocycles. The monoisotopic (exact) mass is 504 g/mol. The number of carbonyl (C=O) groups is 1. The second-order valence-electron chi connectivity index (χ2n) is 8.93. The Balaban J connectivity index is 1.42. The zero-order valence-corrected chi connectivity index (χ0v) is 20.0.